The molecule has 0 amide bonds. The number of benzene rings is 2. The highest BCUT2D eigenvalue weighted by Crippen LogP contribution is 2.45. The van der Waals surface area contributed by atoms with Crippen LogP contribution in [0, 0.1) is 0 Å². The third-order valence-electron chi connectivity index (χ3n) is 8.48. The average molecular weight is 424 g/mol. The Labute approximate surface area is 190 Å². The van der Waals surface area contributed by atoms with Gasteiger partial charge in [0.25, 0.3) is 0 Å². The van der Waals surface area contributed by atoms with Crippen molar-refractivity contribution in [1.29, 1.82) is 0 Å². The van der Waals surface area contributed by atoms with Crippen molar-refractivity contribution in [2.75, 3.05) is 0 Å². The molecule has 0 unspecified atom stereocenters. The first kappa shape index (κ1) is 19.8. The summed E-state index contributed by atoms with van der Waals surface area (Å²) >= 11 is 0. The van der Waals surface area contributed by atoms with Crippen molar-refractivity contribution < 1.29 is 0 Å². The molecule has 0 aliphatic heterocycles. The second-order valence-electron chi connectivity index (χ2n) is 10.3. The van der Waals surface area contributed by atoms with Gasteiger partial charge in [0.1, 0.15) is 0 Å². The van der Waals surface area contributed by atoms with Gasteiger partial charge in [0.2, 0.25) is 0 Å². The lowest BCUT2D eigenvalue weighted by atomic mass is 9.94. The lowest BCUT2D eigenvalue weighted by Gasteiger charge is -2.38. The molecule has 159 valence electrons. The van der Waals surface area contributed by atoms with Crippen LogP contribution in [0.4, 0.5) is 0 Å². The molecule has 0 N–H and O–H groups in total. The highest BCUT2D eigenvalue weighted by Gasteiger charge is 2.37. The van der Waals surface area contributed by atoms with Gasteiger partial charge in [-0.05, 0) is 57.3 Å². The molecule has 2 aromatic rings. The van der Waals surface area contributed by atoms with Crippen molar-refractivity contribution in [3.63, 3.8) is 0 Å². The number of hydrogen-bond acceptors (Lipinski definition) is 0. The topological polar surface area (TPSA) is 0 Å². The summed E-state index contributed by atoms with van der Waals surface area (Å²) in [5.74, 6) is 0. The zero-order chi connectivity index (χ0) is 20.6. The van der Waals surface area contributed by atoms with Crippen molar-refractivity contribution in [3.05, 3.63) is 71.3 Å². The first-order valence-electron chi connectivity index (χ1n) is 12.9. The van der Waals surface area contributed by atoms with Crippen LogP contribution in [0.1, 0.15) is 87.3 Å². The van der Waals surface area contributed by atoms with Crippen LogP contribution >= 0.6 is 0 Å². The molecule has 0 heterocycles. The van der Waals surface area contributed by atoms with Gasteiger partial charge in [0.05, 0.1) is 8.80 Å². The fourth-order valence-electron chi connectivity index (χ4n) is 7.05. The molecule has 0 spiro atoms. The summed E-state index contributed by atoms with van der Waals surface area (Å²) in [4.78, 5) is 0. The van der Waals surface area contributed by atoms with Gasteiger partial charge in [-0.2, -0.15) is 0 Å². The number of fused-ring (bicyclic) bond motifs is 3. The molecule has 4 aliphatic carbocycles. The molecule has 1 radical (unpaired) electrons. The van der Waals surface area contributed by atoms with Crippen molar-refractivity contribution in [1.82, 2.24) is 0 Å². The molecule has 2 fully saturated rings. The van der Waals surface area contributed by atoms with Crippen molar-refractivity contribution in [2.45, 2.75) is 88.1 Å². The second-order valence-corrected chi connectivity index (χ2v) is 13.4. The third kappa shape index (κ3) is 3.59. The smallest absolute Gasteiger partial charge is 0.0801 e. The minimum atomic E-state index is -0.566. The summed E-state index contributed by atoms with van der Waals surface area (Å²) in [6.45, 7) is 0. The van der Waals surface area contributed by atoms with E-state index in [0.29, 0.717) is 0 Å². The molecule has 2 aromatic carbocycles. The van der Waals surface area contributed by atoms with E-state index in [0.717, 1.165) is 23.9 Å². The molecule has 0 atom stereocenters. The van der Waals surface area contributed by atoms with Crippen molar-refractivity contribution >= 4 is 19.6 Å². The number of allylic oxidation sites excluding steroid dienone is 4. The molecule has 4 aliphatic rings. The van der Waals surface area contributed by atoms with E-state index >= 15 is 0 Å². The summed E-state index contributed by atoms with van der Waals surface area (Å²) in [6, 6.07) is 14.3. The van der Waals surface area contributed by atoms with E-state index in [2.05, 4.69) is 54.6 Å². The quantitative estimate of drug-likeness (QED) is 0.373. The lowest BCUT2D eigenvalue weighted by molar-refractivity contribution is 0.465. The van der Waals surface area contributed by atoms with E-state index in [1.807, 2.05) is 5.19 Å². The van der Waals surface area contributed by atoms with E-state index < -0.39 is 8.80 Å². The monoisotopic (exact) mass is 423 g/mol. The first-order chi connectivity index (χ1) is 15.4. The minimum Gasteiger partial charge on any atom is -0.0801 e. The van der Waals surface area contributed by atoms with E-state index in [1.165, 1.54) is 80.9 Å². The van der Waals surface area contributed by atoms with Crippen LogP contribution in [0.3, 0.4) is 0 Å². The molecule has 1 heteroatoms. The molecule has 0 nitrogen and oxygen atoms in total. The largest absolute Gasteiger partial charge is 0.0929 e. The van der Waals surface area contributed by atoms with Crippen LogP contribution in [0.5, 0.6) is 0 Å². The zero-order valence-electron chi connectivity index (χ0n) is 18.8. The van der Waals surface area contributed by atoms with Gasteiger partial charge in [0, 0.05) is 0 Å². The third-order valence-corrected chi connectivity index (χ3v) is 12.4. The Kier molecular flexibility index (Phi) is 5.48. The number of rotatable bonds is 4. The molecule has 0 aromatic heterocycles. The van der Waals surface area contributed by atoms with Crippen LogP contribution < -0.4 is 5.19 Å². The van der Waals surface area contributed by atoms with Crippen LogP contribution in [-0.2, 0) is 6.42 Å². The Balaban J connectivity index is 1.50. The Hall–Kier alpha value is -1.86. The summed E-state index contributed by atoms with van der Waals surface area (Å²) in [5.41, 5.74) is 11.5. The maximum atomic E-state index is 2.63. The first-order valence-corrected chi connectivity index (χ1v) is 14.5. The molecule has 6 rings (SSSR count). The zero-order valence-corrected chi connectivity index (χ0v) is 19.8. The van der Waals surface area contributed by atoms with Crippen LogP contribution in [0.25, 0.3) is 16.7 Å². The summed E-state index contributed by atoms with van der Waals surface area (Å²) < 4.78 is 0. The maximum absolute atomic E-state index is 2.63. The Morgan fingerprint density at radius 3 is 2.10 bits per heavy atom. The van der Waals surface area contributed by atoms with Crippen LogP contribution in [0.2, 0.25) is 11.1 Å². The van der Waals surface area contributed by atoms with Crippen molar-refractivity contribution in [2.24, 2.45) is 0 Å². The molecule has 31 heavy (non-hydrogen) atoms. The van der Waals surface area contributed by atoms with Gasteiger partial charge in [0.15, 0.2) is 0 Å². The van der Waals surface area contributed by atoms with Gasteiger partial charge in [-0.3, -0.25) is 0 Å². The Morgan fingerprint density at radius 2 is 1.42 bits per heavy atom. The summed E-state index contributed by atoms with van der Waals surface area (Å²) in [7, 11) is -0.566. The lowest BCUT2D eigenvalue weighted by Crippen LogP contribution is -2.43. The van der Waals surface area contributed by atoms with Gasteiger partial charge < -0.3 is 0 Å². The van der Waals surface area contributed by atoms with E-state index in [9.17, 15) is 0 Å². The summed E-state index contributed by atoms with van der Waals surface area (Å²) in [5, 5.41) is 1.82. The fourth-order valence-corrected chi connectivity index (χ4v) is 11.5. The van der Waals surface area contributed by atoms with Gasteiger partial charge in [-0.1, -0.05) is 124 Å². The van der Waals surface area contributed by atoms with Gasteiger partial charge in [-0.15, -0.1) is 0 Å². The molecule has 0 bridgehead atoms. The predicted molar refractivity (Wildman–Crippen MR) is 135 cm³/mol. The van der Waals surface area contributed by atoms with Gasteiger partial charge >= 0.3 is 0 Å². The van der Waals surface area contributed by atoms with Crippen molar-refractivity contribution in [3.8, 4) is 11.1 Å². The standard InChI is InChI=1S/C30H35Si/c1-3-14-24(15-4-1)31(25-16-5-2-6-17-25)29-20-19-27-26-18-10-9-13-23(26)21-28(27)30(29)22-11-7-8-12-22/h7-11,13,18-20,24-25H,1-6,12,14-17,21H2. The van der Waals surface area contributed by atoms with E-state index in [1.54, 1.807) is 16.7 Å². The molecule has 0 saturated heterocycles. The molecule has 2 saturated carbocycles. The maximum Gasteiger partial charge on any atom is 0.0929 e. The Bertz CT molecular complexity index is 997. The predicted octanol–water partition coefficient (Wildman–Crippen LogP) is 7.97. The molecular weight excluding hydrogens is 388 g/mol. The van der Waals surface area contributed by atoms with Crippen LogP contribution in [0.15, 0.2) is 54.6 Å². The van der Waals surface area contributed by atoms with Gasteiger partial charge in [-0.25, -0.2) is 0 Å². The second kappa shape index (κ2) is 8.58. The number of hydrogen-bond donors (Lipinski definition) is 0. The highest BCUT2D eigenvalue weighted by molar-refractivity contribution is 6.76. The normalized spacial score (nSPS) is 21.4. The highest BCUT2D eigenvalue weighted by atomic mass is 28.3. The Morgan fingerprint density at radius 1 is 0.710 bits per heavy atom. The molecular formula is C30H35Si. The minimum absolute atomic E-state index is 0.566. The van der Waals surface area contributed by atoms with E-state index in [-0.39, 0.29) is 0 Å². The summed E-state index contributed by atoms with van der Waals surface area (Å²) in [6.07, 6.45) is 24.2. The van der Waals surface area contributed by atoms with Crippen LogP contribution in [-0.4, -0.2) is 8.80 Å². The van der Waals surface area contributed by atoms with E-state index in [4.69, 9.17) is 0 Å². The average Bonchev–Trinajstić information content (AvgIpc) is 3.49. The fraction of sp³-hybridized carbons (Fsp3) is 0.467. The SMILES string of the molecule is C1=CCC(c2c([Si](C3CCCCC3)C3CCCCC3)ccc3c2Cc2ccccc2-3)=C1.